The number of nitrogens with one attached hydrogen (secondary N) is 1. The van der Waals surface area contributed by atoms with Crippen LogP contribution >= 0.6 is 22.6 Å². The second-order valence-electron chi connectivity index (χ2n) is 6.65. The predicted octanol–water partition coefficient (Wildman–Crippen LogP) is 2.79. The molecular formula is C19H22IN3O3S. The van der Waals surface area contributed by atoms with Crippen molar-refractivity contribution in [3.05, 3.63) is 57.2 Å². The van der Waals surface area contributed by atoms with Crippen LogP contribution in [0.2, 0.25) is 0 Å². The van der Waals surface area contributed by atoms with Gasteiger partial charge in [-0.1, -0.05) is 12.1 Å². The monoisotopic (exact) mass is 499 g/mol. The number of likely N-dealkylation sites (N-methyl/N-ethyl adjacent to an activating group) is 1. The zero-order valence-corrected chi connectivity index (χ0v) is 18.2. The number of carbonyl (C=O) groups is 1. The average Bonchev–Trinajstić information content (AvgIpc) is 2.63. The molecule has 0 saturated carbocycles. The lowest BCUT2D eigenvalue weighted by Crippen LogP contribution is -2.47. The molecule has 1 N–H and O–H groups in total. The minimum Gasteiger partial charge on any atom is -0.322 e. The number of aryl methyl sites for hydroxylation is 1. The molecule has 2 aromatic carbocycles. The third-order valence-corrected chi connectivity index (χ3v) is 7.32. The smallest absolute Gasteiger partial charge is 0.255 e. The van der Waals surface area contributed by atoms with Gasteiger partial charge in [-0.2, -0.15) is 4.31 Å². The van der Waals surface area contributed by atoms with Crippen molar-refractivity contribution in [2.45, 2.75) is 11.8 Å². The zero-order chi connectivity index (χ0) is 19.6. The van der Waals surface area contributed by atoms with Crippen LogP contribution < -0.4 is 5.32 Å². The fourth-order valence-corrected chi connectivity index (χ4v) is 5.17. The van der Waals surface area contributed by atoms with Crippen molar-refractivity contribution >= 4 is 44.2 Å². The third-order valence-electron chi connectivity index (χ3n) is 4.61. The molecule has 1 amide bonds. The Labute approximate surface area is 173 Å². The standard InChI is InChI=1S/C19H22IN3O3S/c1-14-6-7-17(21-19(24)15-4-3-5-16(20)12-15)13-18(14)27(25,26)23-10-8-22(2)9-11-23/h3-7,12-13H,8-11H2,1-2H3,(H,21,24). The molecule has 0 unspecified atom stereocenters. The van der Waals surface area contributed by atoms with Gasteiger partial charge in [0.15, 0.2) is 0 Å². The highest BCUT2D eigenvalue weighted by molar-refractivity contribution is 14.1. The lowest BCUT2D eigenvalue weighted by molar-refractivity contribution is 0.102. The van der Waals surface area contributed by atoms with Crippen LogP contribution in [0.4, 0.5) is 5.69 Å². The molecule has 0 atom stereocenters. The lowest BCUT2D eigenvalue weighted by Gasteiger charge is -2.32. The fourth-order valence-electron chi connectivity index (χ4n) is 2.96. The second-order valence-corrected chi connectivity index (χ2v) is 9.80. The Kier molecular flexibility index (Phi) is 6.19. The quantitative estimate of drug-likeness (QED) is 0.658. The summed E-state index contributed by atoms with van der Waals surface area (Å²) in [6.45, 7) is 4.13. The van der Waals surface area contributed by atoms with Crippen molar-refractivity contribution in [2.24, 2.45) is 0 Å². The maximum atomic E-state index is 13.1. The number of halogens is 1. The number of sulfonamides is 1. The molecule has 1 saturated heterocycles. The molecule has 1 fully saturated rings. The third kappa shape index (κ3) is 4.68. The molecule has 1 heterocycles. The number of benzene rings is 2. The summed E-state index contributed by atoms with van der Waals surface area (Å²) in [5.41, 5.74) is 1.67. The SMILES string of the molecule is Cc1ccc(NC(=O)c2cccc(I)c2)cc1S(=O)(=O)N1CCN(C)CC1. The fraction of sp³-hybridized carbons (Fsp3) is 0.316. The highest BCUT2D eigenvalue weighted by atomic mass is 127. The largest absolute Gasteiger partial charge is 0.322 e. The minimum atomic E-state index is -3.59. The summed E-state index contributed by atoms with van der Waals surface area (Å²) in [5.74, 6) is -0.264. The Balaban J connectivity index is 1.85. The van der Waals surface area contributed by atoms with Crippen LogP contribution in [-0.4, -0.2) is 56.8 Å². The van der Waals surface area contributed by atoms with Gasteiger partial charge in [0, 0.05) is 41.0 Å². The number of carbonyl (C=O) groups excluding carboxylic acids is 1. The predicted molar refractivity (Wildman–Crippen MR) is 115 cm³/mol. The first-order chi connectivity index (χ1) is 12.8. The van der Waals surface area contributed by atoms with Gasteiger partial charge in [-0.3, -0.25) is 4.79 Å². The Morgan fingerprint density at radius 1 is 1.07 bits per heavy atom. The van der Waals surface area contributed by atoms with Gasteiger partial charge in [0.25, 0.3) is 5.91 Å². The van der Waals surface area contributed by atoms with Crippen LogP contribution in [0.15, 0.2) is 47.4 Å². The minimum absolute atomic E-state index is 0.243. The summed E-state index contributed by atoms with van der Waals surface area (Å²) in [6.07, 6.45) is 0. The van der Waals surface area contributed by atoms with Crippen molar-refractivity contribution in [3.63, 3.8) is 0 Å². The van der Waals surface area contributed by atoms with E-state index < -0.39 is 10.0 Å². The number of hydrogen-bond donors (Lipinski definition) is 1. The highest BCUT2D eigenvalue weighted by Gasteiger charge is 2.29. The molecule has 1 aliphatic heterocycles. The van der Waals surface area contributed by atoms with E-state index >= 15 is 0 Å². The van der Waals surface area contributed by atoms with Gasteiger partial charge >= 0.3 is 0 Å². The van der Waals surface area contributed by atoms with Crippen molar-refractivity contribution in [3.8, 4) is 0 Å². The maximum absolute atomic E-state index is 13.1. The number of amides is 1. The molecule has 6 nitrogen and oxygen atoms in total. The van der Waals surface area contributed by atoms with Gasteiger partial charge in [0.2, 0.25) is 10.0 Å². The highest BCUT2D eigenvalue weighted by Crippen LogP contribution is 2.25. The van der Waals surface area contributed by atoms with Gasteiger partial charge in [0.05, 0.1) is 4.90 Å². The van der Waals surface area contributed by atoms with Crippen LogP contribution in [0.5, 0.6) is 0 Å². The van der Waals surface area contributed by atoms with E-state index in [1.54, 1.807) is 37.3 Å². The van der Waals surface area contributed by atoms with Crippen LogP contribution in [0, 0.1) is 10.5 Å². The van der Waals surface area contributed by atoms with Gasteiger partial charge in [-0.15, -0.1) is 0 Å². The van der Waals surface area contributed by atoms with Crippen LogP contribution in [0.3, 0.4) is 0 Å². The van der Waals surface area contributed by atoms with Gasteiger partial charge in [-0.25, -0.2) is 8.42 Å². The number of nitrogens with zero attached hydrogens (tertiary/aromatic N) is 2. The van der Waals surface area contributed by atoms with E-state index in [0.29, 0.717) is 43.0 Å². The number of hydrogen-bond acceptors (Lipinski definition) is 4. The van der Waals surface area contributed by atoms with E-state index in [1.807, 2.05) is 19.2 Å². The van der Waals surface area contributed by atoms with E-state index in [-0.39, 0.29) is 10.8 Å². The van der Waals surface area contributed by atoms with Crippen LogP contribution in [-0.2, 0) is 10.0 Å². The topological polar surface area (TPSA) is 69.7 Å². The lowest BCUT2D eigenvalue weighted by atomic mass is 10.2. The van der Waals surface area contributed by atoms with Crippen LogP contribution in [0.25, 0.3) is 0 Å². The van der Waals surface area contributed by atoms with E-state index in [4.69, 9.17) is 0 Å². The molecule has 0 radical (unpaired) electrons. The Morgan fingerprint density at radius 2 is 1.78 bits per heavy atom. The molecule has 27 heavy (non-hydrogen) atoms. The van der Waals surface area contributed by atoms with Crippen molar-refractivity contribution in [1.29, 1.82) is 0 Å². The first-order valence-electron chi connectivity index (χ1n) is 8.63. The first kappa shape index (κ1) is 20.2. The molecule has 2 aromatic rings. The molecular weight excluding hydrogens is 477 g/mol. The van der Waals surface area contributed by atoms with E-state index in [0.717, 1.165) is 3.57 Å². The summed E-state index contributed by atoms with van der Waals surface area (Å²) in [6, 6.07) is 12.2. The molecule has 1 aliphatic rings. The van der Waals surface area contributed by atoms with E-state index in [1.165, 1.54) is 4.31 Å². The molecule has 0 bridgehead atoms. The second kappa shape index (κ2) is 8.26. The van der Waals surface area contributed by atoms with Gasteiger partial charge in [-0.05, 0) is 72.5 Å². The van der Waals surface area contributed by atoms with Gasteiger partial charge in [0.1, 0.15) is 0 Å². The first-order valence-corrected chi connectivity index (χ1v) is 11.2. The summed E-state index contributed by atoms with van der Waals surface area (Å²) in [5, 5.41) is 2.80. The Hall–Kier alpha value is -1.49. The molecule has 8 heteroatoms. The zero-order valence-electron chi connectivity index (χ0n) is 15.3. The molecule has 3 rings (SSSR count). The molecule has 0 aliphatic carbocycles. The normalized spacial score (nSPS) is 16.3. The van der Waals surface area contributed by atoms with Gasteiger partial charge < -0.3 is 10.2 Å². The number of anilines is 1. The van der Waals surface area contributed by atoms with Crippen molar-refractivity contribution in [2.75, 3.05) is 38.5 Å². The number of rotatable bonds is 4. The summed E-state index contributed by atoms with van der Waals surface area (Å²) in [4.78, 5) is 14.8. The Bertz CT molecular complexity index is 954. The number of piperazine rings is 1. The van der Waals surface area contributed by atoms with Crippen molar-refractivity contribution < 1.29 is 13.2 Å². The Morgan fingerprint density at radius 3 is 2.44 bits per heavy atom. The summed E-state index contributed by atoms with van der Waals surface area (Å²) >= 11 is 2.15. The van der Waals surface area contributed by atoms with E-state index in [2.05, 4.69) is 32.8 Å². The molecule has 144 valence electrons. The van der Waals surface area contributed by atoms with E-state index in [9.17, 15) is 13.2 Å². The molecule has 0 spiro atoms. The average molecular weight is 499 g/mol. The van der Waals surface area contributed by atoms with Crippen LogP contribution in [0.1, 0.15) is 15.9 Å². The van der Waals surface area contributed by atoms with Crippen molar-refractivity contribution in [1.82, 2.24) is 9.21 Å². The summed E-state index contributed by atoms with van der Waals surface area (Å²) < 4.78 is 28.6. The molecule has 0 aromatic heterocycles. The maximum Gasteiger partial charge on any atom is 0.255 e. The summed E-state index contributed by atoms with van der Waals surface area (Å²) in [7, 11) is -1.61.